The van der Waals surface area contributed by atoms with Crippen LogP contribution in [0.5, 0.6) is 0 Å². The number of aromatic nitrogens is 2. The maximum absolute atomic E-state index is 5.36. The van der Waals surface area contributed by atoms with Crippen molar-refractivity contribution in [1.29, 1.82) is 0 Å². The molecule has 58 heavy (non-hydrogen) atoms. The second kappa shape index (κ2) is 13.5. The highest BCUT2D eigenvalue weighted by Gasteiger charge is 2.60. The van der Waals surface area contributed by atoms with E-state index in [0.717, 1.165) is 46.8 Å². The van der Waals surface area contributed by atoms with Gasteiger partial charge < -0.3 is 0 Å². The summed E-state index contributed by atoms with van der Waals surface area (Å²) in [6.07, 6.45) is 9.30. The van der Waals surface area contributed by atoms with E-state index in [9.17, 15) is 0 Å². The number of nitrogens with zero attached hydrogens (tertiary/aromatic N) is 2. The molecule has 0 aliphatic heterocycles. The van der Waals surface area contributed by atoms with Crippen molar-refractivity contribution >= 4 is 11.1 Å². The third-order valence-corrected chi connectivity index (χ3v) is 13.2. The van der Waals surface area contributed by atoms with Crippen molar-refractivity contribution in [3.63, 3.8) is 0 Å². The summed E-state index contributed by atoms with van der Waals surface area (Å²) in [6.45, 7) is 4.84. The summed E-state index contributed by atoms with van der Waals surface area (Å²) in [5, 5.41) is 0. The van der Waals surface area contributed by atoms with Crippen LogP contribution in [0.3, 0.4) is 0 Å². The van der Waals surface area contributed by atoms with Gasteiger partial charge in [-0.2, -0.15) is 0 Å². The molecule has 0 fully saturated rings. The van der Waals surface area contributed by atoms with Gasteiger partial charge >= 0.3 is 0 Å². The van der Waals surface area contributed by atoms with E-state index in [1.165, 1.54) is 55.7 Å². The normalized spacial score (nSPS) is 22.9. The van der Waals surface area contributed by atoms with Gasteiger partial charge in [0, 0.05) is 16.7 Å². The Labute approximate surface area is 341 Å². The first kappa shape index (κ1) is 34.6. The van der Waals surface area contributed by atoms with E-state index < -0.39 is 10.8 Å². The monoisotopic (exact) mass is 744 g/mol. The molecule has 11 rings (SSSR count). The molecule has 4 aliphatic rings. The molecule has 0 bridgehead atoms. The van der Waals surface area contributed by atoms with Gasteiger partial charge in [0.05, 0.1) is 22.2 Å². The molecule has 4 unspecified atom stereocenters. The first-order chi connectivity index (χ1) is 28.6. The zero-order valence-corrected chi connectivity index (χ0v) is 32.9. The predicted octanol–water partition coefficient (Wildman–Crippen LogP) is 13.2. The number of allylic oxidation sites excluding steroid dienone is 8. The van der Waals surface area contributed by atoms with Crippen molar-refractivity contribution in [3.05, 3.63) is 250 Å². The van der Waals surface area contributed by atoms with E-state index in [0.29, 0.717) is 5.92 Å². The molecule has 0 radical (unpaired) electrons. The Bertz CT molecular complexity index is 2790. The Morgan fingerprint density at radius 3 is 1.64 bits per heavy atom. The maximum atomic E-state index is 5.36. The van der Waals surface area contributed by atoms with Crippen molar-refractivity contribution in [1.82, 2.24) is 9.97 Å². The maximum Gasteiger partial charge on any atom is 0.160 e. The minimum atomic E-state index is -0.528. The molecule has 2 nitrogen and oxygen atoms in total. The van der Waals surface area contributed by atoms with Gasteiger partial charge in [-0.25, -0.2) is 9.97 Å². The first-order valence-electron chi connectivity index (χ1n) is 20.8. The van der Waals surface area contributed by atoms with Gasteiger partial charge in [-0.3, -0.25) is 0 Å². The molecule has 7 aromatic rings. The molecular formula is C56H44N2. The van der Waals surface area contributed by atoms with Crippen LogP contribution < -0.4 is 0 Å². The SMILES string of the molecule is CC1C=C2C3=C(C1)C(C1=CC(c4nc(-c5ccccc5)cc(-c5ccccc5)n4)=CCC1C)(c1ccccc1)c1ccccc1C3(c1ccccc1)c1ccccc12. The zero-order valence-electron chi connectivity index (χ0n) is 32.9. The molecule has 6 aromatic carbocycles. The van der Waals surface area contributed by atoms with Gasteiger partial charge in [0.2, 0.25) is 0 Å². The summed E-state index contributed by atoms with van der Waals surface area (Å²) in [5.74, 6) is 1.38. The Balaban J connectivity index is 1.23. The molecule has 0 saturated heterocycles. The van der Waals surface area contributed by atoms with Crippen molar-refractivity contribution in [2.24, 2.45) is 11.8 Å². The fraction of sp³-hybridized carbons (Fsp3) is 0.143. The first-order valence-corrected chi connectivity index (χ1v) is 20.8. The lowest BCUT2D eigenvalue weighted by molar-refractivity contribution is 0.495. The fourth-order valence-electron chi connectivity index (χ4n) is 10.9. The Hall–Kier alpha value is -6.64. The largest absolute Gasteiger partial charge is 0.228 e. The summed E-state index contributed by atoms with van der Waals surface area (Å²) in [5.41, 5.74) is 18.1. The van der Waals surface area contributed by atoms with E-state index in [-0.39, 0.29) is 5.92 Å². The molecule has 0 saturated carbocycles. The van der Waals surface area contributed by atoms with Crippen LogP contribution in [-0.2, 0) is 10.8 Å². The minimum Gasteiger partial charge on any atom is -0.228 e. The average molecular weight is 745 g/mol. The van der Waals surface area contributed by atoms with Gasteiger partial charge in [0.25, 0.3) is 0 Å². The van der Waals surface area contributed by atoms with Crippen molar-refractivity contribution in [3.8, 4) is 22.5 Å². The van der Waals surface area contributed by atoms with E-state index in [1.807, 2.05) is 0 Å². The molecule has 4 aliphatic carbocycles. The van der Waals surface area contributed by atoms with E-state index in [1.54, 1.807) is 0 Å². The molecule has 0 N–H and O–H groups in total. The van der Waals surface area contributed by atoms with Crippen LogP contribution in [0.15, 0.2) is 211 Å². The van der Waals surface area contributed by atoms with Crippen LogP contribution in [0.25, 0.3) is 33.7 Å². The predicted molar refractivity (Wildman–Crippen MR) is 238 cm³/mol. The van der Waals surface area contributed by atoms with Crippen LogP contribution >= 0.6 is 0 Å². The van der Waals surface area contributed by atoms with Crippen LogP contribution in [0, 0.1) is 11.8 Å². The highest BCUT2D eigenvalue weighted by atomic mass is 14.9. The average Bonchev–Trinajstić information content (AvgIpc) is 3.59. The summed E-state index contributed by atoms with van der Waals surface area (Å²) < 4.78 is 0. The van der Waals surface area contributed by atoms with Gasteiger partial charge in [-0.15, -0.1) is 0 Å². The summed E-state index contributed by atoms with van der Waals surface area (Å²) in [6, 6.07) is 64.5. The molecule has 0 amide bonds. The fourth-order valence-corrected chi connectivity index (χ4v) is 10.9. The number of benzene rings is 6. The molecule has 0 spiro atoms. The molecular weight excluding hydrogens is 701 g/mol. The van der Waals surface area contributed by atoms with E-state index in [2.05, 4.69) is 208 Å². The van der Waals surface area contributed by atoms with Gasteiger partial charge in [-0.1, -0.05) is 202 Å². The molecule has 2 heteroatoms. The van der Waals surface area contributed by atoms with Gasteiger partial charge in [-0.05, 0) is 86.4 Å². The van der Waals surface area contributed by atoms with Crippen LogP contribution in [0.2, 0.25) is 0 Å². The third kappa shape index (κ3) is 4.97. The molecule has 1 heterocycles. The second-order valence-corrected chi connectivity index (χ2v) is 16.5. The zero-order chi connectivity index (χ0) is 38.8. The third-order valence-electron chi connectivity index (χ3n) is 13.2. The molecule has 1 aromatic heterocycles. The standard InChI is InChI=1S/C56H44N2/c1-37-33-45-44-27-15-16-28-46(44)56(43-25-13-6-14-26-43)48-30-18-17-29-47(48)55(50(34-37)53(45)56,42-23-11-5-12-24-42)49-35-41(32-31-38(49)2)54-57-51(39-19-7-3-8-20-39)36-52(58-54)40-21-9-4-10-22-40/h3-30,32-33,35-38H,31,34H2,1-2H3. The molecule has 278 valence electrons. The van der Waals surface area contributed by atoms with Gasteiger partial charge in [0.1, 0.15) is 0 Å². The number of fused-ring (bicyclic) bond motifs is 5. The summed E-state index contributed by atoms with van der Waals surface area (Å²) in [7, 11) is 0. The van der Waals surface area contributed by atoms with Crippen LogP contribution in [0.1, 0.15) is 65.9 Å². The minimum absolute atomic E-state index is 0.258. The quantitative estimate of drug-likeness (QED) is 0.169. The number of hydrogen-bond donors (Lipinski definition) is 0. The van der Waals surface area contributed by atoms with E-state index in [4.69, 9.17) is 9.97 Å². The van der Waals surface area contributed by atoms with Crippen LogP contribution in [-0.4, -0.2) is 9.97 Å². The Morgan fingerprint density at radius 2 is 1.03 bits per heavy atom. The summed E-state index contributed by atoms with van der Waals surface area (Å²) >= 11 is 0. The smallest absolute Gasteiger partial charge is 0.160 e. The lowest BCUT2D eigenvalue weighted by atomic mass is 9.48. The highest BCUT2D eigenvalue weighted by Crippen LogP contribution is 2.69. The lowest BCUT2D eigenvalue weighted by Gasteiger charge is -2.53. The van der Waals surface area contributed by atoms with Crippen molar-refractivity contribution in [2.75, 3.05) is 0 Å². The number of rotatable bonds is 6. The van der Waals surface area contributed by atoms with Crippen molar-refractivity contribution in [2.45, 2.75) is 37.5 Å². The van der Waals surface area contributed by atoms with E-state index >= 15 is 0 Å². The molecule has 4 atom stereocenters. The number of hydrogen-bond acceptors (Lipinski definition) is 2. The Kier molecular flexibility index (Phi) is 8.05. The van der Waals surface area contributed by atoms with Gasteiger partial charge in [0.15, 0.2) is 5.82 Å². The van der Waals surface area contributed by atoms with Crippen LogP contribution in [0.4, 0.5) is 0 Å². The second-order valence-electron chi connectivity index (χ2n) is 16.5. The topological polar surface area (TPSA) is 25.8 Å². The lowest BCUT2D eigenvalue weighted by Crippen LogP contribution is -2.47. The summed E-state index contributed by atoms with van der Waals surface area (Å²) in [4.78, 5) is 10.7. The highest BCUT2D eigenvalue weighted by molar-refractivity contribution is 5.99. The Morgan fingerprint density at radius 1 is 0.534 bits per heavy atom. The van der Waals surface area contributed by atoms with Crippen molar-refractivity contribution < 1.29 is 0 Å².